The maximum atomic E-state index is 7.51. The fraction of sp³-hybridized carbons (Fsp3) is 0.316. The molecular weight excluding hydrogens is 1050 g/mol. The van der Waals surface area contributed by atoms with Crippen molar-refractivity contribution in [3.63, 3.8) is 0 Å². The summed E-state index contributed by atoms with van der Waals surface area (Å²) in [4.78, 5) is 7.92. The summed E-state index contributed by atoms with van der Waals surface area (Å²) < 4.78 is 10.1. The highest BCUT2D eigenvalue weighted by Crippen LogP contribution is 2.57. The number of hydrogen-bond donors (Lipinski definition) is 0. The topological polar surface area (TPSA) is 22.9 Å². The third-order valence-corrected chi connectivity index (χ3v) is 21.9. The van der Waals surface area contributed by atoms with Gasteiger partial charge in [-0.15, -0.1) is 11.3 Å². The Hall–Kier alpha value is -7.54. The summed E-state index contributed by atoms with van der Waals surface area (Å²) in [6, 6.07) is 64.2. The van der Waals surface area contributed by atoms with Crippen molar-refractivity contribution in [1.82, 2.24) is 0 Å². The van der Waals surface area contributed by atoms with E-state index in [1.165, 1.54) is 98.2 Å². The minimum Gasteiger partial charge on any atom is -0.454 e. The summed E-state index contributed by atoms with van der Waals surface area (Å²) >= 11 is 1.91. The lowest BCUT2D eigenvalue weighted by Gasteiger charge is -2.48. The van der Waals surface area contributed by atoms with Crippen LogP contribution in [-0.4, -0.2) is 6.85 Å². The standard InChI is InChI=1S/C79H80BN3OS/c1-47-40-61-63(79(14,15)39-38-77(61,10)11)45-65(47)82-67-42-52(81(50-28-24-48(25-29-50)74(2,3)4)51-30-26-49(27-31-51)75(5,6)7)33-35-64(67)80-71-58(44-59-54-20-16-18-22-68(54)84-73(59)72(71)82)56-43-57-55-21-17-19-23-69(55)85-70(57)46-66(56)83(80)53-32-34-60-62(41-53)78(12,13)37-36-76(60,8)9/h16-35,40-46H,36-39H2,1-15H3. The Morgan fingerprint density at radius 2 is 1.02 bits per heavy atom. The monoisotopic (exact) mass is 1130 g/mol. The molecule has 2 aliphatic heterocycles. The van der Waals surface area contributed by atoms with E-state index in [4.69, 9.17) is 4.42 Å². The lowest BCUT2D eigenvalue weighted by atomic mass is 9.43. The molecule has 0 atom stereocenters. The number of aryl methyl sites for hydroxylation is 1. The zero-order chi connectivity index (χ0) is 59.2. The molecule has 0 N–H and O–H groups in total. The van der Waals surface area contributed by atoms with Crippen LogP contribution in [0.4, 0.5) is 45.5 Å². The van der Waals surface area contributed by atoms with E-state index in [-0.39, 0.29) is 39.3 Å². The maximum Gasteiger partial charge on any atom is 0.333 e. The number of rotatable bonds is 5. The van der Waals surface area contributed by atoms with Crippen LogP contribution in [-0.2, 0) is 32.5 Å². The summed E-state index contributed by atoms with van der Waals surface area (Å²) in [6.07, 6.45) is 4.57. The number of furan rings is 1. The molecule has 4 aliphatic rings. The molecule has 4 heterocycles. The third kappa shape index (κ3) is 8.27. The first kappa shape index (κ1) is 54.1. The number of thiophene rings is 1. The van der Waals surface area contributed by atoms with Crippen molar-refractivity contribution in [3.05, 3.63) is 203 Å². The number of fused-ring (bicyclic) bond motifs is 13. The molecule has 0 saturated heterocycles. The second kappa shape index (κ2) is 18.3. The van der Waals surface area contributed by atoms with Crippen LogP contribution in [0.15, 0.2) is 168 Å². The normalized spacial score (nSPS) is 17.2. The quantitative estimate of drug-likeness (QED) is 0.160. The first-order chi connectivity index (χ1) is 40.3. The van der Waals surface area contributed by atoms with E-state index in [9.17, 15) is 0 Å². The molecule has 2 aromatic heterocycles. The Bertz CT molecular complexity index is 4540. The number of nitrogens with zero attached hydrogens (tertiary/aromatic N) is 3. The van der Waals surface area contributed by atoms with Crippen molar-refractivity contribution in [2.75, 3.05) is 14.6 Å². The van der Waals surface area contributed by atoms with E-state index in [1.54, 1.807) is 0 Å². The van der Waals surface area contributed by atoms with Crippen molar-refractivity contribution >= 4 is 117 Å². The highest BCUT2D eigenvalue weighted by Gasteiger charge is 2.49. The van der Waals surface area contributed by atoms with Crippen LogP contribution < -0.4 is 25.5 Å². The fourth-order valence-corrected chi connectivity index (χ4v) is 16.5. The zero-order valence-electron chi connectivity index (χ0n) is 52.7. The highest BCUT2D eigenvalue weighted by molar-refractivity contribution is 7.25. The molecule has 0 bridgehead atoms. The molecule has 6 heteroatoms. The van der Waals surface area contributed by atoms with Crippen molar-refractivity contribution in [2.24, 2.45) is 0 Å². The molecule has 15 rings (SSSR count). The average Bonchev–Trinajstić information content (AvgIpc) is 1.65. The van der Waals surface area contributed by atoms with E-state index < -0.39 is 0 Å². The van der Waals surface area contributed by atoms with Gasteiger partial charge in [-0.25, -0.2) is 0 Å². The highest BCUT2D eigenvalue weighted by atomic mass is 32.1. The van der Waals surface area contributed by atoms with Gasteiger partial charge < -0.3 is 19.0 Å². The van der Waals surface area contributed by atoms with Gasteiger partial charge in [0.2, 0.25) is 0 Å². The second-order valence-electron chi connectivity index (χ2n) is 30.4. The Morgan fingerprint density at radius 3 is 1.66 bits per heavy atom. The lowest BCUT2D eigenvalue weighted by Crippen LogP contribution is -2.61. The van der Waals surface area contributed by atoms with Crippen LogP contribution in [0.5, 0.6) is 0 Å². The van der Waals surface area contributed by atoms with E-state index in [2.05, 4.69) is 282 Å². The molecule has 0 spiro atoms. The molecule has 0 amide bonds. The Kier molecular flexibility index (Phi) is 11.6. The first-order valence-corrected chi connectivity index (χ1v) is 32.1. The summed E-state index contributed by atoms with van der Waals surface area (Å²) in [5.41, 5.74) is 25.9. The molecule has 9 aromatic carbocycles. The summed E-state index contributed by atoms with van der Waals surface area (Å²) in [7, 11) is 0. The van der Waals surface area contributed by atoms with Crippen LogP contribution in [0.3, 0.4) is 0 Å². The van der Waals surface area contributed by atoms with Crippen LogP contribution >= 0.6 is 11.3 Å². The van der Waals surface area contributed by atoms with Crippen molar-refractivity contribution in [3.8, 4) is 11.1 Å². The number of para-hydroxylation sites is 1. The van der Waals surface area contributed by atoms with E-state index >= 15 is 0 Å². The molecule has 0 saturated carbocycles. The van der Waals surface area contributed by atoms with E-state index in [0.717, 1.165) is 76.1 Å². The maximum absolute atomic E-state index is 7.51. The van der Waals surface area contributed by atoms with Crippen LogP contribution in [0, 0.1) is 6.92 Å². The van der Waals surface area contributed by atoms with Crippen LogP contribution in [0.2, 0.25) is 0 Å². The van der Waals surface area contributed by atoms with Gasteiger partial charge in [0.25, 0.3) is 0 Å². The Balaban J connectivity index is 1.09. The predicted octanol–water partition coefficient (Wildman–Crippen LogP) is 21.7. The Morgan fingerprint density at radius 1 is 0.471 bits per heavy atom. The molecule has 0 unspecified atom stereocenters. The van der Waals surface area contributed by atoms with E-state index in [1.807, 2.05) is 11.3 Å². The molecule has 0 fully saturated rings. The number of hydrogen-bond acceptors (Lipinski definition) is 5. The second-order valence-corrected chi connectivity index (χ2v) is 31.4. The third-order valence-electron chi connectivity index (χ3n) is 20.8. The summed E-state index contributed by atoms with van der Waals surface area (Å²) in [6.45, 7) is 35.7. The SMILES string of the molecule is Cc1cc2c(cc1N1c3cc(N(c4ccc(C(C)(C)C)cc4)c4ccc(C(C)(C)C)cc4)ccc3B3c4c(cc5c(oc6ccccc65)c41)-c1cc4c(cc1N3c1ccc3c(c1)C(C)(C)CCC3(C)C)sc1ccccc14)C(C)(C)CCC2(C)C. The van der Waals surface area contributed by atoms with Gasteiger partial charge in [-0.05, 0) is 205 Å². The zero-order valence-corrected chi connectivity index (χ0v) is 53.5. The van der Waals surface area contributed by atoms with Crippen molar-refractivity contribution in [1.29, 1.82) is 0 Å². The average molecular weight is 1130 g/mol. The lowest BCUT2D eigenvalue weighted by molar-refractivity contribution is 0.332. The van der Waals surface area contributed by atoms with Crippen LogP contribution in [0.1, 0.15) is 162 Å². The van der Waals surface area contributed by atoms with Gasteiger partial charge in [0.05, 0.1) is 5.69 Å². The molecule has 2 aliphatic carbocycles. The number of benzene rings is 9. The van der Waals surface area contributed by atoms with Gasteiger partial charge in [0.1, 0.15) is 5.58 Å². The van der Waals surface area contributed by atoms with Gasteiger partial charge in [0, 0.05) is 76.3 Å². The summed E-state index contributed by atoms with van der Waals surface area (Å²) in [5.74, 6) is 0. The molecule has 426 valence electrons. The Labute approximate surface area is 508 Å². The smallest absolute Gasteiger partial charge is 0.333 e. The molecule has 4 nitrogen and oxygen atoms in total. The largest absolute Gasteiger partial charge is 0.454 e. The van der Waals surface area contributed by atoms with E-state index in [0.29, 0.717) is 0 Å². The van der Waals surface area contributed by atoms with Gasteiger partial charge in [-0.3, -0.25) is 0 Å². The van der Waals surface area contributed by atoms with Crippen molar-refractivity contribution < 1.29 is 4.42 Å². The van der Waals surface area contributed by atoms with Gasteiger partial charge in [-0.1, -0.05) is 176 Å². The molecule has 0 radical (unpaired) electrons. The summed E-state index contributed by atoms with van der Waals surface area (Å²) in [5, 5.41) is 4.88. The molecular formula is C79H80BN3OS. The number of anilines is 8. The minimum absolute atomic E-state index is 0.000530. The van der Waals surface area contributed by atoms with Crippen molar-refractivity contribution in [2.45, 2.75) is 162 Å². The molecule has 85 heavy (non-hydrogen) atoms. The minimum atomic E-state index is -0.237. The van der Waals surface area contributed by atoms with Gasteiger partial charge in [-0.2, -0.15) is 0 Å². The fourth-order valence-electron chi connectivity index (χ4n) is 15.4. The van der Waals surface area contributed by atoms with Gasteiger partial charge in [0.15, 0.2) is 5.58 Å². The molecule has 11 aromatic rings. The predicted molar refractivity (Wildman–Crippen MR) is 368 cm³/mol. The van der Waals surface area contributed by atoms with Gasteiger partial charge >= 0.3 is 6.85 Å². The first-order valence-electron chi connectivity index (χ1n) is 31.3. The van der Waals surface area contributed by atoms with Crippen LogP contribution in [0.25, 0.3) is 53.2 Å².